The smallest absolute Gasteiger partial charge is 0.275 e. The van der Waals surface area contributed by atoms with Crippen LogP contribution in [0.5, 0.6) is 11.5 Å². The molecule has 2 amide bonds. The number of carbonyl (C=O) groups excluding carboxylic acids is 2. The highest BCUT2D eigenvalue weighted by Gasteiger charge is 2.45. The van der Waals surface area contributed by atoms with Gasteiger partial charge in [0.05, 0.1) is 23.2 Å². The number of anilines is 3. The minimum Gasteiger partial charge on any atom is -0.507 e. The van der Waals surface area contributed by atoms with Crippen LogP contribution < -0.4 is 25.9 Å². The van der Waals surface area contributed by atoms with Crippen LogP contribution in [0.25, 0.3) is 22.4 Å². The van der Waals surface area contributed by atoms with Crippen molar-refractivity contribution < 1.29 is 33.6 Å². The number of piperidine rings is 1. The first-order valence-electron chi connectivity index (χ1n) is 26.2. The largest absolute Gasteiger partial charge is 0.507 e. The lowest BCUT2D eigenvalue weighted by Crippen LogP contribution is -2.54. The second-order valence-electron chi connectivity index (χ2n) is 21.2. The Morgan fingerprint density at radius 3 is 2.18 bits per heavy atom. The number of nitrogens with zero attached hydrogens (tertiary/aromatic N) is 9. The highest BCUT2D eigenvalue weighted by molar-refractivity contribution is 5.91. The number of aromatic nitrogens is 5. The summed E-state index contributed by atoms with van der Waals surface area (Å²) in [6.45, 7) is 7.49. The summed E-state index contributed by atoms with van der Waals surface area (Å²) in [6, 6.07) is 24.2. The SMILES string of the molecule is CC(C)[C@@H](C(=O)N1C[C@H](O)C[C@H]1C(=O)NOc1ccc(-c2ccccc2F)cc1)c1cc(C2CCC(N3CCC(c4cnc(N5C6CCC5CN(c5cc(-c7ccccc7O)nnc5N)C6)nc4)CC3)CC2)no1. The Bertz CT molecular complexity index is 2930. The van der Waals surface area contributed by atoms with Crippen LogP contribution in [-0.4, -0.2) is 120 Å². The molecule has 4 saturated heterocycles. The van der Waals surface area contributed by atoms with Crippen molar-refractivity contribution in [1.29, 1.82) is 0 Å². The van der Waals surface area contributed by atoms with Gasteiger partial charge in [-0.2, -0.15) is 5.48 Å². The molecule has 11 rings (SSSR count). The predicted molar refractivity (Wildman–Crippen MR) is 276 cm³/mol. The van der Waals surface area contributed by atoms with Crippen molar-refractivity contribution >= 4 is 29.3 Å². The Labute approximate surface area is 429 Å². The highest BCUT2D eigenvalue weighted by atomic mass is 19.1. The monoisotopic (exact) mass is 1010 g/mol. The van der Waals surface area contributed by atoms with E-state index in [1.165, 1.54) is 16.5 Å². The topological polar surface area (TPSA) is 212 Å². The normalized spacial score (nSPS) is 23.8. The van der Waals surface area contributed by atoms with E-state index in [4.69, 9.17) is 25.1 Å². The molecule has 5 N–H and O–H groups in total. The van der Waals surface area contributed by atoms with E-state index in [0.717, 1.165) is 94.9 Å². The first-order valence-corrected chi connectivity index (χ1v) is 26.2. The van der Waals surface area contributed by atoms with E-state index in [1.54, 1.807) is 54.6 Å². The number of piperazine rings is 1. The minimum absolute atomic E-state index is 0.00838. The average molecular weight is 1010 g/mol. The fourth-order valence-electron chi connectivity index (χ4n) is 12.3. The van der Waals surface area contributed by atoms with E-state index in [1.807, 2.05) is 50.5 Å². The maximum Gasteiger partial charge on any atom is 0.275 e. The number of amides is 2. The van der Waals surface area contributed by atoms with Crippen LogP contribution in [0.15, 0.2) is 102 Å². The maximum absolute atomic E-state index is 14.3. The quantitative estimate of drug-likeness (QED) is 0.0821. The van der Waals surface area contributed by atoms with Crippen LogP contribution >= 0.6 is 0 Å². The number of aliphatic hydroxyl groups excluding tert-OH is 1. The van der Waals surface area contributed by atoms with Gasteiger partial charge in [0.2, 0.25) is 11.9 Å². The number of hydrogen-bond donors (Lipinski definition) is 4. The summed E-state index contributed by atoms with van der Waals surface area (Å²) in [5.41, 5.74) is 14.1. The molecule has 1 aliphatic carbocycles. The van der Waals surface area contributed by atoms with Gasteiger partial charge in [-0.25, -0.2) is 14.4 Å². The van der Waals surface area contributed by atoms with E-state index in [2.05, 4.69) is 35.5 Å². The number of nitrogens with two attached hydrogens (primary N) is 1. The molecule has 2 unspecified atom stereocenters. The Morgan fingerprint density at radius 1 is 0.811 bits per heavy atom. The number of nitrogens with one attached hydrogen (secondary N) is 1. The number of aromatic hydroxyl groups is 1. The molecule has 5 fully saturated rings. The zero-order valence-electron chi connectivity index (χ0n) is 41.8. The summed E-state index contributed by atoms with van der Waals surface area (Å²) in [7, 11) is 0. The molecule has 3 aromatic carbocycles. The van der Waals surface area contributed by atoms with E-state index in [-0.39, 0.29) is 54.4 Å². The summed E-state index contributed by atoms with van der Waals surface area (Å²) in [5, 5.41) is 34.2. The molecule has 18 heteroatoms. The van der Waals surface area contributed by atoms with Gasteiger partial charge in [-0.3, -0.25) is 9.59 Å². The first kappa shape index (κ1) is 49.1. The van der Waals surface area contributed by atoms with Crippen molar-refractivity contribution in [3.05, 3.63) is 120 Å². The number of fused-ring (bicyclic) bond motifs is 2. The van der Waals surface area contributed by atoms with Gasteiger partial charge in [-0.05, 0) is 124 Å². The molecule has 0 spiro atoms. The van der Waals surface area contributed by atoms with Crippen molar-refractivity contribution in [2.45, 2.75) is 120 Å². The number of hydroxylamine groups is 1. The van der Waals surface area contributed by atoms with E-state index >= 15 is 0 Å². The number of hydrogen-bond acceptors (Lipinski definition) is 15. The molecular formula is C56H64FN11O6. The van der Waals surface area contributed by atoms with Gasteiger partial charge < -0.3 is 44.9 Å². The molecule has 5 atom stereocenters. The number of carbonyl (C=O) groups is 2. The number of para-hydroxylation sites is 1. The van der Waals surface area contributed by atoms with E-state index in [9.17, 15) is 24.2 Å². The zero-order valence-corrected chi connectivity index (χ0v) is 41.8. The van der Waals surface area contributed by atoms with Crippen LogP contribution in [0.3, 0.4) is 0 Å². The summed E-state index contributed by atoms with van der Waals surface area (Å²) in [4.78, 5) is 52.1. The lowest BCUT2D eigenvalue weighted by molar-refractivity contribution is -0.143. The molecule has 7 heterocycles. The number of rotatable bonds is 13. The number of aliphatic hydroxyl groups is 1. The van der Waals surface area contributed by atoms with Crippen molar-refractivity contribution in [2.24, 2.45) is 5.92 Å². The zero-order chi connectivity index (χ0) is 51.0. The fraction of sp³-hybridized carbons (Fsp3) is 0.446. The molecule has 17 nitrogen and oxygen atoms in total. The predicted octanol–water partition coefficient (Wildman–Crippen LogP) is 7.59. The van der Waals surface area contributed by atoms with Gasteiger partial charge in [-0.1, -0.05) is 61.5 Å². The number of phenols is 1. The van der Waals surface area contributed by atoms with Crippen LogP contribution in [0, 0.1) is 11.7 Å². The number of β-amino-alcohol motifs (C(OH)–C–C–N with tert-alkyl or cyclic N) is 1. The number of likely N-dealkylation sites (tertiary alicyclic amines) is 2. The molecule has 2 bridgehead atoms. The molecule has 386 valence electrons. The van der Waals surface area contributed by atoms with Crippen molar-refractivity contribution in [1.82, 2.24) is 40.6 Å². The second kappa shape index (κ2) is 21.0. The molecular weight excluding hydrogens is 942 g/mol. The molecule has 3 aromatic heterocycles. The molecule has 5 aliphatic rings. The van der Waals surface area contributed by atoms with Crippen LogP contribution in [-0.2, 0) is 9.59 Å². The molecule has 0 radical (unpaired) electrons. The minimum atomic E-state index is -0.950. The Balaban J connectivity index is 0.650. The Kier molecular flexibility index (Phi) is 13.9. The van der Waals surface area contributed by atoms with Crippen molar-refractivity contribution in [2.75, 3.05) is 48.3 Å². The number of benzene rings is 3. The summed E-state index contributed by atoms with van der Waals surface area (Å²) in [6.07, 6.45) is 11.6. The fourth-order valence-corrected chi connectivity index (χ4v) is 12.3. The first-order chi connectivity index (χ1) is 35.9. The van der Waals surface area contributed by atoms with Gasteiger partial charge in [0.1, 0.15) is 29.3 Å². The van der Waals surface area contributed by atoms with Crippen LogP contribution in [0.1, 0.15) is 106 Å². The number of phenolic OH excluding ortho intramolecular Hbond substituents is 1. The lowest BCUT2D eigenvalue weighted by Gasteiger charge is -2.42. The van der Waals surface area contributed by atoms with Gasteiger partial charge >= 0.3 is 0 Å². The standard InChI is InChI=1S/C56H64FN11O6/c1-33(2)52(55(72)67-32-41(69)25-49(67)54(71)64-73-42-19-13-35(14-20-42)43-7-3-5-9-45(43)57)51-27-46(63-74-51)36-11-15-38(16-12-36)65-23-21-34(22-24-65)37-28-59-56(60-29-37)68-39-17-18-40(68)31-66(30-39)48-26-47(61-62-53(48)58)44-8-4-6-10-50(44)70/h3-10,13-14,19-20,26-29,33-34,36,38-41,49,52,69-70H,11-12,15-18,21-25,30-32H2,1-2H3,(H2,58,62)(H,64,71)/t36?,38?,39?,40?,41-,49+,52-/m1/s1. The van der Waals surface area contributed by atoms with Gasteiger partial charge in [0.25, 0.3) is 5.91 Å². The summed E-state index contributed by atoms with van der Waals surface area (Å²) < 4.78 is 20.3. The number of nitrogen functional groups attached to an aromatic ring is 1. The highest BCUT2D eigenvalue weighted by Crippen LogP contribution is 2.41. The van der Waals surface area contributed by atoms with Crippen molar-refractivity contribution in [3.63, 3.8) is 0 Å². The average Bonchev–Trinajstić information content (AvgIpc) is 4.14. The van der Waals surface area contributed by atoms with Gasteiger partial charge in [0.15, 0.2) is 11.6 Å². The third-order valence-electron chi connectivity index (χ3n) is 16.3. The lowest BCUT2D eigenvalue weighted by atomic mass is 9.81. The maximum atomic E-state index is 14.3. The number of halogens is 1. The van der Waals surface area contributed by atoms with Crippen LogP contribution in [0.4, 0.5) is 21.8 Å². The van der Waals surface area contributed by atoms with Gasteiger partial charge in [-0.15, -0.1) is 10.2 Å². The third-order valence-corrected chi connectivity index (χ3v) is 16.3. The van der Waals surface area contributed by atoms with Crippen molar-refractivity contribution in [3.8, 4) is 33.9 Å². The third kappa shape index (κ3) is 9.96. The summed E-state index contributed by atoms with van der Waals surface area (Å²) in [5.74, 6) is 0.684. The Hall–Kier alpha value is -7.18. The van der Waals surface area contributed by atoms with Gasteiger partial charge in [0, 0.05) is 79.7 Å². The Morgan fingerprint density at radius 2 is 1.49 bits per heavy atom. The molecule has 4 aliphatic heterocycles. The summed E-state index contributed by atoms with van der Waals surface area (Å²) >= 11 is 0. The second-order valence-corrected chi connectivity index (χ2v) is 21.2. The molecule has 74 heavy (non-hydrogen) atoms. The molecule has 6 aromatic rings. The van der Waals surface area contributed by atoms with E-state index < -0.39 is 24.0 Å². The van der Waals surface area contributed by atoms with E-state index in [0.29, 0.717) is 51.7 Å². The molecule has 1 saturated carbocycles. The van der Waals surface area contributed by atoms with Crippen LogP contribution in [0.2, 0.25) is 0 Å².